The van der Waals surface area contributed by atoms with Crippen LogP contribution in [0.25, 0.3) is 0 Å². The lowest BCUT2D eigenvalue weighted by atomic mass is 10.7. The van der Waals surface area contributed by atoms with Crippen molar-refractivity contribution < 1.29 is 24.3 Å². The Morgan fingerprint density at radius 2 is 1.64 bits per heavy atom. The molecule has 86 valence electrons. The summed E-state index contributed by atoms with van der Waals surface area (Å²) in [7, 11) is -2.68. The Balaban J connectivity index is 0. The summed E-state index contributed by atoms with van der Waals surface area (Å²) >= 11 is 0. The molecule has 0 unspecified atom stereocenters. The van der Waals surface area contributed by atoms with E-state index in [1.54, 1.807) is 0 Å². The first-order valence-corrected chi connectivity index (χ1v) is 7.57. The first-order chi connectivity index (χ1) is 6.07. The zero-order valence-electron chi connectivity index (χ0n) is 8.67. The Labute approximate surface area is 86.5 Å². The molecule has 0 heterocycles. The molecule has 0 radical (unpaired) electrons. The number of rotatable bonds is 3. The summed E-state index contributed by atoms with van der Waals surface area (Å²) in [5.74, 6) is -1.27. The standard InChI is InChI=1S/C3H8NO5P.C3H9S/c1-4(2-3(5)6)10(7,8)9;1-4(2)3/h2H2,1H3,(H,5,6)(H2,7,8,9);1-3H3/q;+1. The van der Waals surface area contributed by atoms with Crippen molar-refractivity contribution in [2.24, 2.45) is 0 Å². The average Bonchev–Trinajstić information content (AvgIpc) is 1.81. The second kappa shape index (κ2) is 7.25. The molecule has 0 aliphatic heterocycles. The molecule has 0 aromatic carbocycles. The van der Waals surface area contributed by atoms with E-state index in [0.717, 1.165) is 7.05 Å². The summed E-state index contributed by atoms with van der Waals surface area (Å²) in [6.07, 6.45) is 6.58. The number of carbonyl (C=O) groups is 1. The fourth-order valence-corrected chi connectivity index (χ4v) is 0.593. The van der Waals surface area contributed by atoms with E-state index >= 15 is 0 Å². The molecule has 0 amide bonds. The smallest absolute Gasteiger partial charge is 0.403 e. The highest BCUT2D eigenvalue weighted by Crippen LogP contribution is 2.37. The molecule has 6 nitrogen and oxygen atoms in total. The number of nitrogens with zero attached hydrogens (tertiary/aromatic N) is 1. The van der Waals surface area contributed by atoms with Crippen molar-refractivity contribution >= 4 is 24.6 Å². The van der Waals surface area contributed by atoms with E-state index in [1.165, 1.54) is 0 Å². The average molecular weight is 246 g/mol. The van der Waals surface area contributed by atoms with Gasteiger partial charge in [-0.3, -0.25) is 4.79 Å². The number of hydrogen-bond acceptors (Lipinski definition) is 2. The summed E-state index contributed by atoms with van der Waals surface area (Å²) in [4.78, 5) is 26.5. The third-order valence-corrected chi connectivity index (χ3v) is 1.84. The van der Waals surface area contributed by atoms with Crippen molar-refractivity contribution in [2.75, 3.05) is 32.4 Å². The molecular weight excluding hydrogens is 229 g/mol. The maximum Gasteiger partial charge on any atom is 0.403 e. The Morgan fingerprint density at radius 1 is 1.36 bits per heavy atom. The van der Waals surface area contributed by atoms with Gasteiger partial charge in [-0.2, -0.15) is 0 Å². The minimum atomic E-state index is -4.36. The van der Waals surface area contributed by atoms with Crippen molar-refractivity contribution in [3.8, 4) is 0 Å². The summed E-state index contributed by atoms with van der Waals surface area (Å²) in [6.45, 7) is -0.662. The lowest BCUT2D eigenvalue weighted by Gasteiger charge is -2.14. The second-order valence-corrected chi connectivity index (χ2v) is 7.11. The van der Waals surface area contributed by atoms with Crippen molar-refractivity contribution in [3.63, 3.8) is 0 Å². The molecule has 3 N–H and O–H groups in total. The van der Waals surface area contributed by atoms with Gasteiger partial charge in [-0.25, -0.2) is 9.24 Å². The van der Waals surface area contributed by atoms with E-state index in [4.69, 9.17) is 14.9 Å². The van der Waals surface area contributed by atoms with Gasteiger partial charge in [-0.15, -0.1) is 0 Å². The van der Waals surface area contributed by atoms with Gasteiger partial charge in [0.1, 0.15) is 6.54 Å². The van der Waals surface area contributed by atoms with Crippen LogP contribution in [0, 0.1) is 0 Å². The maximum atomic E-state index is 10.2. The molecule has 0 aliphatic rings. The van der Waals surface area contributed by atoms with Crippen LogP contribution in [0.3, 0.4) is 0 Å². The van der Waals surface area contributed by atoms with Gasteiger partial charge in [0.15, 0.2) is 0 Å². The van der Waals surface area contributed by atoms with Crippen molar-refractivity contribution in [1.29, 1.82) is 0 Å². The normalized spacial score (nSPS) is 11.1. The molecule has 8 heteroatoms. The Morgan fingerprint density at radius 3 is 1.71 bits per heavy atom. The lowest BCUT2D eigenvalue weighted by molar-refractivity contribution is -0.137. The molecule has 0 fully saturated rings. The predicted molar refractivity (Wildman–Crippen MR) is 57.4 cm³/mol. The highest BCUT2D eigenvalue weighted by Gasteiger charge is 2.22. The second-order valence-electron chi connectivity index (χ2n) is 2.95. The minimum absolute atomic E-state index is 0.454. The number of hydrogen-bond donors (Lipinski definition) is 3. The molecular formula is C6H17NO5PS+. The zero-order valence-corrected chi connectivity index (χ0v) is 10.4. The molecule has 0 atom stereocenters. The molecule has 0 saturated carbocycles. The number of carboxylic acids is 1. The van der Waals surface area contributed by atoms with Gasteiger partial charge in [-0.1, -0.05) is 0 Å². The van der Waals surface area contributed by atoms with Crippen LogP contribution < -0.4 is 0 Å². The van der Waals surface area contributed by atoms with Crippen LogP contribution in [-0.2, 0) is 20.3 Å². The van der Waals surface area contributed by atoms with Crippen molar-refractivity contribution in [2.45, 2.75) is 0 Å². The fraction of sp³-hybridized carbons (Fsp3) is 0.833. The first-order valence-electron chi connectivity index (χ1n) is 3.55. The van der Waals surface area contributed by atoms with Gasteiger partial charge in [0.25, 0.3) is 0 Å². The van der Waals surface area contributed by atoms with E-state index < -0.39 is 20.3 Å². The number of aliphatic carboxylic acids is 1. The van der Waals surface area contributed by atoms with Crippen molar-refractivity contribution in [3.05, 3.63) is 0 Å². The SMILES string of the molecule is CN(CC(=O)O)P(=O)(O)O.C[S+](C)C. The highest BCUT2D eigenvalue weighted by molar-refractivity contribution is 7.94. The predicted octanol–water partition coefficient (Wildman–Crippen LogP) is -0.410. The third kappa shape index (κ3) is 14.5. The monoisotopic (exact) mass is 246 g/mol. The molecule has 0 aromatic heterocycles. The lowest BCUT2D eigenvalue weighted by Crippen LogP contribution is -2.22. The highest BCUT2D eigenvalue weighted by atomic mass is 32.2. The van der Waals surface area contributed by atoms with Gasteiger partial charge in [0, 0.05) is 0 Å². The molecule has 0 bridgehead atoms. The molecule has 14 heavy (non-hydrogen) atoms. The summed E-state index contributed by atoms with van der Waals surface area (Å²) < 4.78 is 10.7. The van der Waals surface area contributed by atoms with Crippen LogP contribution in [0.5, 0.6) is 0 Å². The summed E-state index contributed by atoms with van der Waals surface area (Å²) in [6, 6.07) is 0. The van der Waals surface area contributed by atoms with Gasteiger partial charge in [0.05, 0.1) is 18.8 Å². The van der Waals surface area contributed by atoms with E-state index in [9.17, 15) is 9.36 Å². The summed E-state index contributed by atoms with van der Waals surface area (Å²) in [5.41, 5.74) is 0. The van der Waals surface area contributed by atoms with Gasteiger partial charge >= 0.3 is 13.7 Å². The largest absolute Gasteiger partial charge is 0.480 e. The number of carboxylic acid groups (broad SMARTS) is 1. The molecule has 0 rings (SSSR count). The van der Waals surface area contributed by atoms with Crippen LogP contribution in [0.15, 0.2) is 0 Å². The van der Waals surface area contributed by atoms with E-state index in [1.807, 2.05) is 0 Å². The van der Waals surface area contributed by atoms with E-state index in [-0.39, 0.29) is 0 Å². The maximum absolute atomic E-state index is 10.2. The first kappa shape index (κ1) is 16.4. The molecule has 0 aliphatic carbocycles. The Bertz CT molecular complexity index is 214. The van der Waals surface area contributed by atoms with Crippen LogP contribution in [0.2, 0.25) is 0 Å². The molecule has 0 saturated heterocycles. The Hall–Kier alpha value is -0.0700. The van der Waals surface area contributed by atoms with Gasteiger partial charge in [-0.05, 0) is 17.9 Å². The zero-order chi connectivity index (χ0) is 11.9. The fourth-order valence-electron chi connectivity index (χ4n) is 0.288. The quantitative estimate of drug-likeness (QED) is 0.462. The van der Waals surface area contributed by atoms with Gasteiger partial charge < -0.3 is 14.9 Å². The topological polar surface area (TPSA) is 98.1 Å². The van der Waals surface area contributed by atoms with Crippen molar-refractivity contribution in [1.82, 2.24) is 4.67 Å². The Kier molecular flexibility index (Phi) is 8.48. The third-order valence-electron chi connectivity index (χ3n) is 0.809. The molecule has 0 aromatic rings. The van der Waals surface area contributed by atoms with Crippen LogP contribution in [0.4, 0.5) is 0 Å². The minimum Gasteiger partial charge on any atom is -0.480 e. The van der Waals surface area contributed by atoms with Crippen LogP contribution in [0.1, 0.15) is 0 Å². The van der Waals surface area contributed by atoms with E-state index in [2.05, 4.69) is 18.8 Å². The van der Waals surface area contributed by atoms with E-state index in [0.29, 0.717) is 15.6 Å². The van der Waals surface area contributed by atoms with Crippen LogP contribution in [-0.4, -0.2) is 57.9 Å². The van der Waals surface area contributed by atoms with Crippen LogP contribution >= 0.6 is 7.75 Å². The number of likely N-dealkylation sites (N-methyl/N-ethyl adjacent to an activating group) is 1. The molecule has 0 spiro atoms. The van der Waals surface area contributed by atoms with Gasteiger partial charge in [0.2, 0.25) is 0 Å². The summed E-state index contributed by atoms with van der Waals surface area (Å²) in [5, 5.41) is 8.06.